The Morgan fingerprint density at radius 1 is 1.38 bits per heavy atom. The summed E-state index contributed by atoms with van der Waals surface area (Å²) in [5.41, 5.74) is 1.10. The van der Waals surface area contributed by atoms with Gasteiger partial charge in [-0.3, -0.25) is 0 Å². The lowest BCUT2D eigenvalue weighted by Crippen LogP contribution is -2.25. The minimum Gasteiger partial charge on any atom is -0.490 e. The average molecular weight is 288 g/mol. The zero-order chi connectivity index (χ0) is 14.7. The number of imidazole rings is 1. The number of rotatable bonds is 5. The fourth-order valence-electron chi connectivity index (χ4n) is 2.39. The van der Waals surface area contributed by atoms with Crippen LogP contribution in [0, 0.1) is 0 Å². The number of ether oxygens (including phenoxy) is 3. The average Bonchev–Trinajstić information content (AvgIpc) is 3.07. The first-order valence-corrected chi connectivity index (χ1v) is 7.13. The molecule has 1 aromatic carbocycles. The standard InChI is InChI=1S/C16H20N2O3/c1-16(2)20-11-13(21-16)10-19-14-6-4-3-5-12(14)9-15-17-7-8-18-15/h3-8,13H,9-11H2,1-2H3,(H,17,18)/t13-/m0/s1. The van der Waals surface area contributed by atoms with Gasteiger partial charge in [-0.05, 0) is 19.9 Å². The van der Waals surface area contributed by atoms with E-state index < -0.39 is 5.79 Å². The lowest BCUT2D eigenvalue weighted by molar-refractivity contribution is -0.141. The number of benzene rings is 1. The van der Waals surface area contributed by atoms with E-state index in [1.165, 1.54) is 0 Å². The maximum atomic E-state index is 5.92. The number of para-hydroxylation sites is 1. The molecule has 1 fully saturated rings. The lowest BCUT2D eigenvalue weighted by Gasteiger charge is -2.18. The van der Waals surface area contributed by atoms with Crippen molar-refractivity contribution < 1.29 is 14.2 Å². The number of hydrogen-bond acceptors (Lipinski definition) is 4. The molecule has 0 amide bonds. The van der Waals surface area contributed by atoms with E-state index in [1.807, 2.05) is 44.3 Å². The van der Waals surface area contributed by atoms with E-state index in [-0.39, 0.29) is 6.10 Å². The summed E-state index contributed by atoms with van der Waals surface area (Å²) >= 11 is 0. The summed E-state index contributed by atoms with van der Waals surface area (Å²) in [5, 5.41) is 0. The van der Waals surface area contributed by atoms with Gasteiger partial charge in [0.05, 0.1) is 6.61 Å². The maximum absolute atomic E-state index is 5.92. The van der Waals surface area contributed by atoms with Crippen LogP contribution in [-0.4, -0.2) is 35.1 Å². The number of aromatic nitrogens is 2. The molecule has 1 aliphatic heterocycles. The quantitative estimate of drug-likeness (QED) is 0.918. The molecule has 0 aliphatic carbocycles. The Morgan fingerprint density at radius 3 is 2.95 bits per heavy atom. The van der Waals surface area contributed by atoms with E-state index >= 15 is 0 Å². The van der Waals surface area contributed by atoms with Crippen LogP contribution in [0.1, 0.15) is 25.2 Å². The van der Waals surface area contributed by atoms with Gasteiger partial charge in [-0.25, -0.2) is 4.98 Å². The molecule has 0 saturated carbocycles. The smallest absolute Gasteiger partial charge is 0.163 e. The summed E-state index contributed by atoms with van der Waals surface area (Å²) in [7, 11) is 0. The molecule has 2 heterocycles. The van der Waals surface area contributed by atoms with Crippen molar-refractivity contribution in [1.82, 2.24) is 9.97 Å². The molecular formula is C16H20N2O3. The summed E-state index contributed by atoms with van der Waals surface area (Å²) in [4.78, 5) is 7.36. The molecular weight excluding hydrogens is 268 g/mol. The van der Waals surface area contributed by atoms with Crippen LogP contribution in [0.2, 0.25) is 0 Å². The van der Waals surface area contributed by atoms with Gasteiger partial charge in [-0.1, -0.05) is 18.2 Å². The summed E-state index contributed by atoms with van der Waals surface area (Å²) in [6.07, 6.45) is 4.27. The summed E-state index contributed by atoms with van der Waals surface area (Å²) in [6.45, 7) is 4.88. The van der Waals surface area contributed by atoms with Crippen LogP contribution < -0.4 is 4.74 Å². The molecule has 1 N–H and O–H groups in total. The fraction of sp³-hybridized carbons (Fsp3) is 0.438. The first-order chi connectivity index (χ1) is 10.1. The number of aromatic amines is 1. The highest BCUT2D eigenvalue weighted by Crippen LogP contribution is 2.25. The van der Waals surface area contributed by atoms with Crippen molar-refractivity contribution in [3.63, 3.8) is 0 Å². The zero-order valence-electron chi connectivity index (χ0n) is 12.3. The van der Waals surface area contributed by atoms with Gasteiger partial charge in [0.15, 0.2) is 5.79 Å². The fourth-order valence-corrected chi connectivity index (χ4v) is 2.39. The molecule has 3 rings (SSSR count). The van der Waals surface area contributed by atoms with Crippen molar-refractivity contribution >= 4 is 0 Å². The molecule has 0 radical (unpaired) electrons. The third-order valence-corrected chi connectivity index (χ3v) is 3.38. The van der Waals surface area contributed by atoms with Gasteiger partial charge in [0.2, 0.25) is 0 Å². The van der Waals surface area contributed by atoms with E-state index in [2.05, 4.69) is 9.97 Å². The van der Waals surface area contributed by atoms with E-state index in [0.29, 0.717) is 13.2 Å². The molecule has 0 unspecified atom stereocenters. The van der Waals surface area contributed by atoms with Crippen LogP contribution in [0.25, 0.3) is 0 Å². The summed E-state index contributed by atoms with van der Waals surface area (Å²) in [6, 6.07) is 7.99. The highest BCUT2D eigenvalue weighted by molar-refractivity contribution is 5.35. The number of H-pyrrole nitrogens is 1. The Bertz CT molecular complexity index is 581. The Hall–Kier alpha value is -1.85. The topological polar surface area (TPSA) is 56.4 Å². The molecule has 2 aromatic rings. The van der Waals surface area contributed by atoms with Gasteiger partial charge in [-0.15, -0.1) is 0 Å². The second kappa shape index (κ2) is 5.87. The number of nitrogens with one attached hydrogen (secondary N) is 1. The minimum atomic E-state index is -0.512. The van der Waals surface area contributed by atoms with Gasteiger partial charge in [0.1, 0.15) is 24.3 Å². The molecule has 0 spiro atoms. The first kappa shape index (κ1) is 14.1. The molecule has 1 aromatic heterocycles. The zero-order valence-corrected chi connectivity index (χ0v) is 12.3. The predicted octanol–water partition coefficient (Wildman–Crippen LogP) is 2.53. The molecule has 5 nitrogen and oxygen atoms in total. The molecule has 1 atom stereocenters. The van der Waals surface area contributed by atoms with Crippen molar-refractivity contribution in [2.75, 3.05) is 13.2 Å². The largest absolute Gasteiger partial charge is 0.490 e. The molecule has 5 heteroatoms. The van der Waals surface area contributed by atoms with Crippen LogP contribution in [0.5, 0.6) is 5.75 Å². The van der Waals surface area contributed by atoms with E-state index in [4.69, 9.17) is 14.2 Å². The maximum Gasteiger partial charge on any atom is 0.163 e. The van der Waals surface area contributed by atoms with Gasteiger partial charge in [-0.2, -0.15) is 0 Å². The van der Waals surface area contributed by atoms with Gasteiger partial charge >= 0.3 is 0 Å². The number of nitrogens with zero attached hydrogens (tertiary/aromatic N) is 1. The third-order valence-electron chi connectivity index (χ3n) is 3.38. The number of hydrogen-bond donors (Lipinski definition) is 1. The van der Waals surface area contributed by atoms with Crippen LogP contribution in [0.3, 0.4) is 0 Å². The Morgan fingerprint density at radius 2 is 2.24 bits per heavy atom. The molecule has 0 bridgehead atoms. The monoisotopic (exact) mass is 288 g/mol. The second-order valence-corrected chi connectivity index (χ2v) is 5.58. The Balaban J connectivity index is 1.63. The first-order valence-electron chi connectivity index (χ1n) is 7.13. The van der Waals surface area contributed by atoms with Crippen LogP contribution in [0.4, 0.5) is 0 Å². The van der Waals surface area contributed by atoms with Crippen LogP contribution in [0.15, 0.2) is 36.7 Å². The SMILES string of the molecule is CC1(C)OC[C@H](COc2ccccc2Cc2ncc[nH]2)O1. The molecule has 1 aliphatic rings. The van der Waals surface area contributed by atoms with E-state index in [1.54, 1.807) is 6.20 Å². The predicted molar refractivity (Wildman–Crippen MR) is 78.2 cm³/mol. The Kier molecular flexibility index (Phi) is 3.94. The highest BCUT2D eigenvalue weighted by Gasteiger charge is 2.33. The Labute approximate surface area is 124 Å². The van der Waals surface area contributed by atoms with Gasteiger partial charge < -0.3 is 19.2 Å². The van der Waals surface area contributed by atoms with Crippen molar-refractivity contribution in [3.8, 4) is 5.75 Å². The van der Waals surface area contributed by atoms with Gasteiger partial charge in [0.25, 0.3) is 0 Å². The summed E-state index contributed by atoms with van der Waals surface area (Å²) in [5.74, 6) is 1.27. The van der Waals surface area contributed by atoms with Crippen LogP contribution in [-0.2, 0) is 15.9 Å². The van der Waals surface area contributed by atoms with Crippen molar-refractivity contribution in [2.24, 2.45) is 0 Å². The molecule has 112 valence electrons. The minimum absolute atomic E-state index is 0.0309. The van der Waals surface area contributed by atoms with E-state index in [9.17, 15) is 0 Å². The van der Waals surface area contributed by atoms with E-state index in [0.717, 1.165) is 23.6 Å². The highest BCUT2D eigenvalue weighted by atomic mass is 16.7. The normalized spacial score (nSPS) is 20.6. The third kappa shape index (κ3) is 3.62. The molecule has 21 heavy (non-hydrogen) atoms. The summed E-state index contributed by atoms with van der Waals surface area (Å²) < 4.78 is 17.2. The van der Waals surface area contributed by atoms with Crippen molar-refractivity contribution in [2.45, 2.75) is 32.2 Å². The lowest BCUT2D eigenvalue weighted by atomic mass is 10.1. The van der Waals surface area contributed by atoms with Gasteiger partial charge in [0, 0.05) is 24.4 Å². The second-order valence-electron chi connectivity index (χ2n) is 5.58. The molecule has 1 saturated heterocycles. The van der Waals surface area contributed by atoms with Crippen LogP contribution >= 0.6 is 0 Å². The van der Waals surface area contributed by atoms with Crippen molar-refractivity contribution in [3.05, 3.63) is 48.0 Å². The van der Waals surface area contributed by atoms with Crippen molar-refractivity contribution in [1.29, 1.82) is 0 Å².